The van der Waals surface area contributed by atoms with Gasteiger partial charge in [-0.2, -0.15) is 0 Å². The minimum Gasteiger partial charge on any atom is -0.486 e. The lowest BCUT2D eigenvalue weighted by atomic mass is 10.0. The van der Waals surface area contributed by atoms with E-state index >= 15 is 0 Å². The molecule has 0 amide bonds. The van der Waals surface area contributed by atoms with Gasteiger partial charge in [0, 0.05) is 31.4 Å². The van der Waals surface area contributed by atoms with Gasteiger partial charge < -0.3 is 22.8 Å². The van der Waals surface area contributed by atoms with Gasteiger partial charge in [0.25, 0.3) is 0 Å². The molecule has 7 heteroatoms. The van der Waals surface area contributed by atoms with Gasteiger partial charge in [-0.15, -0.1) is 0 Å². The number of carbonyl (C=O) groups is 1. The van der Waals surface area contributed by atoms with E-state index in [1.165, 1.54) is 0 Å². The number of Topliss-reactive ketones (excluding diaryl/α,β-unsaturated/α-hetero) is 1. The fraction of sp³-hybridized carbons (Fsp3) is 0.611. The first-order chi connectivity index (χ1) is 12.0. The molecule has 25 heavy (non-hydrogen) atoms. The van der Waals surface area contributed by atoms with Crippen LogP contribution < -0.4 is 9.47 Å². The van der Waals surface area contributed by atoms with Crippen LogP contribution in [-0.2, 0) is 19.7 Å². The number of rotatable bonds is 10. The predicted molar refractivity (Wildman–Crippen MR) is 96.6 cm³/mol. The summed E-state index contributed by atoms with van der Waals surface area (Å²) in [5, 5.41) is 0. The Morgan fingerprint density at radius 3 is 2.00 bits per heavy atom. The number of hydrogen-bond donors (Lipinski definition) is 0. The van der Waals surface area contributed by atoms with Gasteiger partial charge >= 0.3 is 8.80 Å². The zero-order chi connectivity index (χ0) is 18.3. The summed E-state index contributed by atoms with van der Waals surface area (Å²) in [6.45, 7) is 9.99. The molecular weight excluding hydrogens is 340 g/mol. The van der Waals surface area contributed by atoms with Gasteiger partial charge in [-0.25, -0.2) is 0 Å². The van der Waals surface area contributed by atoms with Crippen molar-refractivity contribution in [1.82, 2.24) is 0 Å². The van der Waals surface area contributed by atoms with E-state index in [9.17, 15) is 4.79 Å². The van der Waals surface area contributed by atoms with Gasteiger partial charge in [-0.05, 0) is 51.8 Å². The highest BCUT2D eigenvalue weighted by molar-refractivity contribution is 6.60. The maximum absolute atomic E-state index is 12.1. The first-order valence-corrected chi connectivity index (χ1v) is 10.8. The molecule has 0 spiro atoms. The Labute approximate surface area is 150 Å². The Balaban J connectivity index is 2.26. The summed E-state index contributed by atoms with van der Waals surface area (Å²) < 4.78 is 28.9. The van der Waals surface area contributed by atoms with E-state index in [4.69, 9.17) is 22.8 Å². The Kier molecular flexibility index (Phi) is 7.43. The highest BCUT2D eigenvalue weighted by atomic mass is 28.4. The standard InChI is InChI=1S/C18H28O6Si/c1-5-22-25(23-6-2,24-7-3)11-8-15-12-17-18(21-10-9-20-17)13-16(15)14(4)19/h12-13H,5-11H2,1-4H3. The van der Waals surface area contributed by atoms with Crippen molar-refractivity contribution in [3.8, 4) is 11.5 Å². The fourth-order valence-electron chi connectivity index (χ4n) is 2.95. The van der Waals surface area contributed by atoms with E-state index in [0.717, 1.165) is 5.56 Å². The summed E-state index contributed by atoms with van der Waals surface area (Å²) in [6.07, 6.45) is 0.623. The maximum atomic E-state index is 12.1. The number of ketones is 1. The van der Waals surface area contributed by atoms with Crippen molar-refractivity contribution in [2.75, 3.05) is 33.0 Å². The summed E-state index contributed by atoms with van der Waals surface area (Å²) in [4.78, 5) is 12.1. The van der Waals surface area contributed by atoms with Crippen molar-refractivity contribution in [2.24, 2.45) is 0 Å². The second kappa shape index (κ2) is 9.33. The zero-order valence-corrected chi connectivity index (χ0v) is 16.6. The first-order valence-electron chi connectivity index (χ1n) is 8.90. The van der Waals surface area contributed by atoms with Crippen LogP contribution in [0.4, 0.5) is 0 Å². The van der Waals surface area contributed by atoms with E-state index < -0.39 is 8.80 Å². The molecule has 0 saturated carbocycles. The Morgan fingerprint density at radius 2 is 1.52 bits per heavy atom. The third kappa shape index (κ3) is 5.04. The fourth-order valence-corrected chi connectivity index (χ4v) is 5.53. The molecule has 140 valence electrons. The molecule has 1 aromatic carbocycles. The van der Waals surface area contributed by atoms with Gasteiger partial charge in [0.1, 0.15) is 13.2 Å². The molecule has 0 aliphatic carbocycles. The van der Waals surface area contributed by atoms with Crippen molar-refractivity contribution in [1.29, 1.82) is 0 Å². The van der Waals surface area contributed by atoms with Crippen LogP contribution in [0.15, 0.2) is 12.1 Å². The lowest BCUT2D eigenvalue weighted by Crippen LogP contribution is -2.46. The molecule has 0 unspecified atom stereocenters. The van der Waals surface area contributed by atoms with Gasteiger partial charge in [-0.1, -0.05) is 0 Å². The van der Waals surface area contributed by atoms with Crippen molar-refractivity contribution in [3.63, 3.8) is 0 Å². The van der Waals surface area contributed by atoms with Crippen molar-refractivity contribution >= 4 is 14.6 Å². The van der Waals surface area contributed by atoms with E-state index in [1.54, 1.807) is 13.0 Å². The maximum Gasteiger partial charge on any atom is 0.501 e. The van der Waals surface area contributed by atoms with Crippen molar-refractivity contribution in [3.05, 3.63) is 23.3 Å². The predicted octanol–water partition coefficient (Wildman–Crippen LogP) is 3.25. The largest absolute Gasteiger partial charge is 0.501 e. The third-order valence-corrected chi connectivity index (χ3v) is 6.99. The third-order valence-electron chi connectivity index (χ3n) is 3.94. The molecule has 0 N–H and O–H groups in total. The molecule has 6 nitrogen and oxygen atoms in total. The van der Waals surface area contributed by atoms with Crippen molar-refractivity contribution in [2.45, 2.75) is 40.2 Å². The number of ether oxygens (including phenoxy) is 2. The number of benzene rings is 1. The molecule has 0 radical (unpaired) electrons. The molecule has 1 aliphatic rings. The Bertz CT molecular complexity index is 572. The second-order valence-corrected chi connectivity index (χ2v) is 8.42. The van der Waals surface area contributed by atoms with Gasteiger partial charge in [-0.3, -0.25) is 4.79 Å². The molecule has 0 atom stereocenters. The number of fused-ring (bicyclic) bond motifs is 1. The molecule has 0 saturated heterocycles. The number of hydrogen-bond acceptors (Lipinski definition) is 6. The van der Waals surface area contributed by atoms with Gasteiger partial charge in [0.2, 0.25) is 0 Å². The average molecular weight is 369 g/mol. The highest BCUT2D eigenvalue weighted by Crippen LogP contribution is 2.34. The minimum absolute atomic E-state index is 0.00321. The van der Waals surface area contributed by atoms with Crippen LogP contribution in [0.5, 0.6) is 11.5 Å². The molecule has 1 aromatic rings. The Morgan fingerprint density at radius 1 is 1.00 bits per heavy atom. The molecule has 0 aromatic heterocycles. The summed E-state index contributed by atoms with van der Waals surface area (Å²) in [5.41, 5.74) is 1.56. The van der Waals surface area contributed by atoms with Gasteiger partial charge in [0.15, 0.2) is 17.3 Å². The van der Waals surface area contributed by atoms with Crippen LogP contribution in [0.3, 0.4) is 0 Å². The molecule has 2 rings (SSSR count). The smallest absolute Gasteiger partial charge is 0.486 e. The lowest BCUT2D eigenvalue weighted by molar-refractivity contribution is 0.0713. The van der Waals surface area contributed by atoms with Crippen LogP contribution in [0, 0.1) is 0 Å². The highest BCUT2D eigenvalue weighted by Gasteiger charge is 2.40. The van der Waals surface area contributed by atoms with Gasteiger partial charge in [0.05, 0.1) is 0 Å². The topological polar surface area (TPSA) is 63.2 Å². The summed E-state index contributed by atoms with van der Waals surface area (Å²) in [5.74, 6) is 1.31. The SMILES string of the molecule is CCO[Si](CCc1cc2c(cc1C(C)=O)OCCO2)(OCC)OCC. The monoisotopic (exact) mass is 368 g/mol. The summed E-state index contributed by atoms with van der Waals surface area (Å²) in [6, 6.07) is 4.29. The van der Waals surface area contributed by atoms with E-state index in [1.807, 2.05) is 26.8 Å². The minimum atomic E-state index is -2.75. The van der Waals surface area contributed by atoms with Crippen LogP contribution >= 0.6 is 0 Å². The van der Waals surface area contributed by atoms with Crippen LogP contribution in [0.2, 0.25) is 6.04 Å². The number of carbonyl (C=O) groups excluding carboxylic acids is 1. The van der Waals surface area contributed by atoms with E-state index in [0.29, 0.717) is 62.6 Å². The number of aryl methyl sites for hydroxylation is 1. The van der Waals surface area contributed by atoms with E-state index in [-0.39, 0.29) is 5.78 Å². The van der Waals surface area contributed by atoms with E-state index in [2.05, 4.69) is 0 Å². The normalized spacial score (nSPS) is 13.8. The summed E-state index contributed by atoms with van der Waals surface area (Å²) >= 11 is 0. The molecule has 1 aliphatic heterocycles. The Hall–Kier alpha value is -1.41. The van der Waals surface area contributed by atoms with Crippen LogP contribution in [-0.4, -0.2) is 47.6 Å². The molecule has 1 heterocycles. The molecular formula is C18H28O6Si. The molecule has 0 fully saturated rings. The zero-order valence-electron chi connectivity index (χ0n) is 15.6. The second-order valence-electron chi connectivity index (χ2n) is 5.69. The summed E-state index contributed by atoms with van der Waals surface area (Å²) in [7, 11) is -2.75. The van der Waals surface area contributed by atoms with Crippen LogP contribution in [0.1, 0.15) is 43.6 Å². The first kappa shape index (κ1) is 19.9. The molecule has 0 bridgehead atoms. The van der Waals surface area contributed by atoms with Crippen LogP contribution in [0.25, 0.3) is 0 Å². The lowest BCUT2D eigenvalue weighted by Gasteiger charge is -2.29. The quantitative estimate of drug-likeness (QED) is 0.467. The average Bonchev–Trinajstić information content (AvgIpc) is 2.60. The van der Waals surface area contributed by atoms with Crippen molar-refractivity contribution < 1.29 is 27.5 Å².